The fraction of sp³-hybridized carbons (Fsp3) is 0.500. The number of nitrogens with zero attached hydrogens (tertiary/aromatic N) is 1. The van der Waals surface area contributed by atoms with Crippen LogP contribution in [0, 0.1) is 12.8 Å². The van der Waals surface area contributed by atoms with Crippen LogP contribution in [0.2, 0.25) is 0 Å². The third-order valence-corrected chi connectivity index (χ3v) is 4.91. The molecule has 0 radical (unpaired) electrons. The molecule has 3 rings (SSSR count). The van der Waals surface area contributed by atoms with Crippen LogP contribution in [0.1, 0.15) is 17.5 Å². The lowest BCUT2D eigenvalue weighted by atomic mass is 10.0. The predicted octanol–water partition coefficient (Wildman–Crippen LogP) is 1.73. The number of fused-ring (bicyclic) bond motifs is 1. The van der Waals surface area contributed by atoms with E-state index in [9.17, 15) is 9.59 Å². The van der Waals surface area contributed by atoms with Crippen LogP contribution in [0.25, 0.3) is 11.0 Å². The molecule has 1 amide bonds. The van der Waals surface area contributed by atoms with Crippen LogP contribution in [0.5, 0.6) is 0 Å². The summed E-state index contributed by atoms with van der Waals surface area (Å²) in [4.78, 5) is 26.5. The first-order valence-corrected chi connectivity index (χ1v) is 9.06. The van der Waals surface area contributed by atoms with Crippen molar-refractivity contribution >= 4 is 16.9 Å². The summed E-state index contributed by atoms with van der Waals surface area (Å²) < 4.78 is 10.4. The molecule has 140 valence electrons. The molecule has 1 N–H and O–H groups in total. The van der Waals surface area contributed by atoms with Gasteiger partial charge in [0.15, 0.2) is 0 Å². The van der Waals surface area contributed by atoms with Crippen LogP contribution < -0.4 is 10.9 Å². The van der Waals surface area contributed by atoms with Crippen LogP contribution >= 0.6 is 0 Å². The molecule has 1 aromatic heterocycles. The summed E-state index contributed by atoms with van der Waals surface area (Å²) in [5.74, 6) is 0.406. The van der Waals surface area contributed by atoms with Crippen molar-refractivity contribution in [2.75, 3.05) is 39.9 Å². The molecule has 1 aliphatic heterocycles. The van der Waals surface area contributed by atoms with Crippen LogP contribution in [-0.2, 0) is 16.0 Å². The number of benzene rings is 1. The molecule has 1 atom stereocenters. The molecule has 1 aromatic carbocycles. The van der Waals surface area contributed by atoms with E-state index in [1.165, 1.54) is 6.07 Å². The fourth-order valence-corrected chi connectivity index (χ4v) is 3.48. The molecule has 2 heterocycles. The maximum atomic E-state index is 12.4. The van der Waals surface area contributed by atoms with Gasteiger partial charge in [-0.1, -0.05) is 12.1 Å². The average molecular weight is 358 g/mol. The smallest absolute Gasteiger partial charge is 0.336 e. The van der Waals surface area contributed by atoms with Gasteiger partial charge in [0, 0.05) is 38.2 Å². The number of nitrogens with one attached hydrogen (secondary N) is 1. The third-order valence-electron chi connectivity index (χ3n) is 4.91. The van der Waals surface area contributed by atoms with Crippen molar-refractivity contribution in [1.29, 1.82) is 0 Å². The highest BCUT2D eigenvalue weighted by Gasteiger charge is 2.22. The van der Waals surface area contributed by atoms with E-state index in [-0.39, 0.29) is 12.3 Å². The van der Waals surface area contributed by atoms with Crippen molar-refractivity contribution in [2.45, 2.75) is 19.8 Å². The van der Waals surface area contributed by atoms with Gasteiger partial charge in [-0.25, -0.2) is 4.79 Å². The monoisotopic (exact) mass is 358 g/mol. The summed E-state index contributed by atoms with van der Waals surface area (Å²) in [6, 6.07) is 7.10. The minimum absolute atomic E-state index is 0.0622. The topological polar surface area (TPSA) is 71.8 Å². The number of hydrogen-bond donors (Lipinski definition) is 1. The lowest BCUT2D eigenvalue weighted by molar-refractivity contribution is -0.120. The predicted molar refractivity (Wildman–Crippen MR) is 100 cm³/mol. The van der Waals surface area contributed by atoms with Gasteiger partial charge in [0.2, 0.25) is 5.91 Å². The SMILES string of the molecule is COCCN1CCC(CNC(=O)Cc2cc(=O)oc3cc(C)ccc23)C1. The lowest BCUT2D eigenvalue weighted by Gasteiger charge is -2.15. The maximum Gasteiger partial charge on any atom is 0.336 e. The Bertz CT molecular complexity index is 830. The zero-order valence-electron chi connectivity index (χ0n) is 15.4. The molecule has 0 aliphatic carbocycles. The number of rotatable bonds is 7. The summed E-state index contributed by atoms with van der Waals surface area (Å²) in [5.41, 5.74) is 1.84. The van der Waals surface area contributed by atoms with E-state index in [1.54, 1.807) is 7.11 Å². The highest BCUT2D eigenvalue weighted by atomic mass is 16.5. The molecule has 1 saturated heterocycles. The Morgan fingerprint density at radius 3 is 3.04 bits per heavy atom. The van der Waals surface area contributed by atoms with Gasteiger partial charge in [-0.3, -0.25) is 4.79 Å². The minimum Gasteiger partial charge on any atom is -0.423 e. The van der Waals surface area contributed by atoms with Crippen molar-refractivity contribution in [1.82, 2.24) is 10.2 Å². The van der Waals surface area contributed by atoms with Gasteiger partial charge in [0.05, 0.1) is 13.0 Å². The zero-order chi connectivity index (χ0) is 18.5. The van der Waals surface area contributed by atoms with Gasteiger partial charge >= 0.3 is 5.63 Å². The van der Waals surface area contributed by atoms with Crippen LogP contribution in [0.4, 0.5) is 0 Å². The van der Waals surface area contributed by atoms with E-state index >= 15 is 0 Å². The number of hydrogen-bond acceptors (Lipinski definition) is 5. The molecule has 1 fully saturated rings. The van der Waals surface area contributed by atoms with Gasteiger partial charge in [-0.05, 0) is 43.0 Å². The summed E-state index contributed by atoms with van der Waals surface area (Å²) in [7, 11) is 1.71. The number of amides is 1. The van der Waals surface area contributed by atoms with E-state index in [0.29, 0.717) is 23.6 Å². The molecule has 26 heavy (non-hydrogen) atoms. The standard InChI is InChI=1S/C20H26N2O4/c1-14-3-4-17-16(11-20(24)26-18(17)9-14)10-19(23)21-12-15-5-6-22(13-15)7-8-25-2/h3-4,9,11,15H,5-8,10,12-13H2,1-2H3,(H,21,23). The van der Waals surface area contributed by atoms with Crippen molar-refractivity contribution < 1.29 is 13.9 Å². The van der Waals surface area contributed by atoms with Crippen molar-refractivity contribution in [3.8, 4) is 0 Å². The molecule has 0 bridgehead atoms. The average Bonchev–Trinajstić information content (AvgIpc) is 3.05. The molecular weight excluding hydrogens is 332 g/mol. The summed E-state index contributed by atoms with van der Waals surface area (Å²) in [5, 5.41) is 3.83. The van der Waals surface area contributed by atoms with E-state index in [1.807, 2.05) is 25.1 Å². The Morgan fingerprint density at radius 1 is 1.38 bits per heavy atom. The van der Waals surface area contributed by atoms with Gasteiger partial charge in [-0.15, -0.1) is 0 Å². The Kier molecular flexibility index (Phi) is 6.06. The largest absolute Gasteiger partial charge is 0.423 e. The second-order valence-electron chi connectivity index (χ2n) is 7.02. The van der Waals surface area contributed by atoms with Gasteiger partial charge in [0.1, 0.15) is 5.58 Å². The van der Waals surface area contributed by atoms with Crippen molar-refractivity contribution in [3.63, 3.8) is 0 Å². The number of ether oxygens (including phenoxy) is 1. The summed E-state index contributed by atoms with van der Waals surface area (Å²) in [6.45, 7) is 6.32. The summed E-state index contributed by atoms with van der Waals surface area (Å²) >= 11 is 0. The number of aryl methyl sites for hydroxylation is 1. The molecule has 0 saturated carbocycles. The lowest BCUT2D eigenvalue weighted by Crippen LogP contribution is -2.32. The van der Waals surface area contributed by atoms with Gasteiger partial charge in [0.25, 0.3) is 0 Å². The molecule has 2 aromatic rings. The summed E-state index contributed by atoms with van der Waals surface area (Å²) in [6.07, 6.45) is 1.27. The van der Waals surface area contributed by atoms with Crippen LogP contribution in [-0.4, -0.2) is 50.7 Å². The fourth-order valence-electron chi connectivity index (χ4n) is 3.48. The number of carbonyl (C=O) groups is 1. The minimum atomic E-state index is -0.421. The third kappa shape index (κ3) is 4.71. The Balaban J connectivity index is 1.57. The quantitative estimate of drug-likeness (QED) is 0.763. The normalized spacial score (nSPS) is 17.7. The molecule has 1 unspecified atom stereocenters. The molecule has 6 heteroatoms. The first kappa shape index (κ1) is 18.6. The highest BCUT2D eigenvalue weighted by Crippen LogP contribution is 2.19. The second kappa shape index (κ2) is 8.47. The number of methoxy groups -OCH3 is 1. The van der Waals surface area contributed by atoms with E-state index in [2.05, 4.69) is 10.2 Å². The molecular formula is C20H26N2O4. The van der Waals surface area contributed by atoms with Gasteiger partial charge < -0.3 is 19.4 Å². The Hall–Kier alpha value is -2.18. The Labute approximate surface area is 153 Å². The first-order valence-electron chi connectivity index (χ1n) is 9.06. The van der Waals surface area contributed by atoms with Crippen LogP contribution in [0.3, 0.4) is 0 Å². The highest BCUT2D eigenvalue weighted by molar-refractivity contribution is 5.87. The van der Waals surface area contributed by atoms with Crippen LogP contribution in [0.15, 0.2) is 33.5 Å². The molecule has 0 spiro atoms. The second-order valence-corrected chi connectivity index (χ2v) is 7.02. The number of carbonyl (C=O) groups excluding carboxylic acids is 1. The number of likely N-dealkylation sites (tertiary alicyclic amines) is 1. The molecule has 1 aliphatic rings. The van der Waals surface area contributed by atoms with Crippen molar-refractivity contribution in [2.24, 2.45) is 5.92 Å². The van der Waals surface area contributed by atoms with E-state index in [4.69, 9.17) is 9.15 Å². The maximum absolute atomic E-state index is 12.4. The van der Waals surface area contributed by atoms with E-state index < -0.39 is 5.63 Å². The van der Waals surface area contributed by atoms with E-state index in [0.717, 1.165) is 43.6 Å². The van der Waals surface area contributed by atoms with Crippen molar-refractivity contribution in [3.05, 3.63) is 45.8 Å². The zero-order valence-corrected chi connectivity index (χ0v) is 15.4. The Morgan fingerprint density at radius 2 is 2.23 bits per heavy atom. The molecule has 6 nitrogen and oxygen atoms in total. The van der Waals surface area contributed by atoms with Gasteiger partial charge in [-0.2, -0.15) is 0 Å². The first-order chi connectivity index (χ1) is 12.5.